The van der Waals surface area contributed by atoms with Crippen molar-refractivity contribution in [1.29, 1.82) is 0 Å². The zero-order valence-electron chi connectivity index (χ0n) is 12.6. The number of nitrogens with one attached hydrogen (secondary N) is 2. The van der Waals surface area contributed by atoms with Crippen LogP contribution in [-0.2, 0) is 0 Å². The van der Waals surface area contributed by atoms with Crippen LogP contribution in [0.5, 0.6) is 0 Å². The number of aromatic amines is 1. The average Bonchev–Trinajstić information content (AvgIpc) is 3.31. The highest BCUT2D eigenvalue weighted by atomic mass is 32.1. The summed E-state index contributed by atoms with van der Waals surface area (Å²) >= 11 is 1.70. The Kier molecular flexibility index (Phi) is 2.84. The molecule has 1 atom stereocenters. The maximum Gasteiger partial charge on any atom is 0.270 e. The minimum atomic E-state index is -0.169. The van der Waals surface area contributed by atoms with Crippen molar-refractivity contribution in [2.24, 2.45) is 0 Å². The maximum atomic E-state index is 12.4. The maximum absolute atomic E-state index is 12.4. The molecule has 4 aromatic rings. The zero-order chi connectivity index (χ0) is 16.1. The van der Waals surface area contributed by atoms with Gasteiger partial charge in [0.15, 0.2) is 0 Å². The standard InChI is InChI=1S/C19H13N3OS/c23-19-18-15(16(21-22-18)11-6-2-1-3-7-11)17(20-19)13-10-24-14-9-5-4-8-12(13)14/h1-10,17H,(H,20,23)(H,21,22). The molecule has 3 heterocycles. The predicted molar refractivity (Wildman–Crippen MR) is 95.2 cm³/mol. The summed E-state index contributed by atoms with van der Waals surface area (Å²) in [4.78, 5) is 12.4. The monoisotopic (exact) mass is 331 g/mol. The van der Waals surface area contributed by atoms with Gasteiger partial charge in [-0.25, -0.2) is 0 Å². The number of rotatable bonds is 2. The molecule has 2 aromatic heterocycles. The number of H-pyrrole nitrogens is 1. The molecule has 1 unspecified atom stereocenters. The molecule has 0 radical (unpaired) electrons. The van der Waals surface area contributed by atoms with Crippen molar-refractivity contribution in [1.82, 2.24) is 15.5 Å². The minimum Gasteiger partial charge on any atom is -0.340 e. The molecule has 0 aliphatic carbocycles. The third-order valence-corrected chi connectivity index (χ3v) is 5.45. The Hall–Kier alpha value is -2.92. The Morgan fingerprint density at radius 2 is 1.79 bits per heavy atom. The van der Waals surface area contributed by atoms with Gasteiger partial charge in [0.25, 0.3) is 5.91 Å². The quantitative estimate of drug-likeness (QED) is 0.580. The summed E-state index contributed by atoms with van der Waals surface area (Å²) in [5.41, 5.74) is 4.48. The number of carbonyl (C=O) groups is 1. The SMILES string of the molecule is O=C1NC(c2csc3ccccc23)c2c(-c3ccccc3)n[nH]c21. The van der Waals surface area contributed by atoms with E-state index in [2.05, 4.69) is 33.0 Å². The van der Waals surface area contributed by atoms with Gasteiger partial charge in [0, 0.05) is 15.8 Å². The molecule has 5 heteroatoms. The van der Waals surface area contributed by atoms with Crippen LogP contribution in [0, 0.1) is 0 Å². The lowest BCUT2D eigenvalue weighted by Gasteiger charge is -2.12. The van der Waals surface area contributed by atoms with E-state index in [1.165, 1.54) is 10.1 Å². The van der Waals surface area contributed by atoms with Gasteiger partial charge in [0.2, 0.25) is 0 Å². The highest BCUT2D eigenvalue weighted by molar-refractivity contribution is 7.17. The summed E-state index contributed by atoms with van der Waals surface area (Å²) in [6.45, 7) is 0. The third-order valence-electron chi connectivity index (χ3n) is 4.46. The van der Waals surface area contributed by atoms with Crippen LogP contribution < -0.4 is 5.32 Å². The van der Waals surface area contributed by atoms with Gasteiger partial charge < -0.3 is 5.32 Å². The number of thiophene rings is 1. The normalized spacial score (nSPS) is 16.3. The van der Waals surface area contributed by atoms with E-state index in [4.69, 9.17) is 0 Å². The summed E-state index contributed by atoms with van der Waals surface area (Å²) in [6, 6.07) is 18.1. The van der Waals surface area contributed by atoms with Crippen LogP contribution in [0.1, 0.15) is 27.7 Å². The van der Waals surface area contributed by atoms with E-state index in [1.807, 2.05) is 42.5 Å². The van der Waals surface area contributed by atoms with Crippen molar-refractivity contribution >= 4 is 27.3 Å². The van der Waals surface area contributed by atoms with Crippen LogP contribution in [0.25, 0.3) is 21.3 Å². The summed E-state index contributed by atoms with van der Waals surface area (Å²) in [6.07, 6.45) is 0. The van der Waals surface area contributed by atoms with Gasteiger partial charge in [-0.2, -0.15) is 5.10 Å². The molecule has 2 aromatic carbocycles. The van der Waals surface area contributed by atoms with Crippen molar-refractivity contribution < 1.29 is 4.79 Å². The summed E-state index contributed by atoms with van der Waals surface area (Å²) in [5.74, 6) is -0.0973. The molecule has 4 nitrogen and oxygen atoms in total. The molecule has 116 valence electrons. The molecular formula is C19H13N3OS. The number of hydrogen-bond donors (Lipinski definition) is 2. The molecule has 0 bridgehead atoms. The fraction of sp³-hybridized carbons (Fsp3) is 0.0526. The number of fused-ring (bicyclic) bond motifs is 2. The predicted octanol–water partition coefficient (Wildman–Crippen LogP) is 4.12. The van der Waals surface area contributed by atoms with E-state index < -0.39 is 0 Å². The van der Waals surface area contributed by atoms with Gasteiger partial charge in [0.05, 0.1) is 11.7 Å². The van der Waals surface area contributed by atoms with E-state index in [0.29, 0.717) is 5.69 Å². The van der Waals surface area contributed by atoms with Crippen molar-refractivity contribution in [3.05, 3.63) is 76.8 Å². The van der Waals surface area contributed by atoms with Gasteiger partial charge >= 0.3 is 0 Å². The van der Waals surface area contributed by atoms with Crippen LogP contribution >= 0.6 is 11.3 Å². The Balaban J connectivity index is 1.72. The Morgan fingerprint density at radius 3 is 2.67 bits per heavy atom. The van der Waals surface area contributed by atoms with Gasteiger partial charge in [-0.15, -0.1) is 11.3 Å². The topological polar surface area (TPSA) is 57.8 Å². The molecule has 1 aliphatic rings. The second-order valence-corrected chi connectivity index (χ2v) is 6.73. The number of nitrogens with zero attached hydrogens (tertiary/aromatic N) is 1. The Morgan fingerprint density at radius 1 is 1.00 bits per heavy atom. The fourth-order valence-electron chi connectivity index (χ4n) is 3.35. The zero-order valence-corrected chi connectivity index (χ0v) is 13.4. The van der Waals surface area contributed by atoms with Crippen molar-refractivity contribution in [3.8, 4) is 11.3 Å². The van der Waals surface area contributed by atoms with E-state index in [1.54, 1.807) is 11.3 Å². The molecule has 1 aliphatic heterocycles. The molecule has 2 N–H and O–H groups in total. The van der Waals surface area contributed by atoms with Crippen LogP contribution in [0.3, 0.4) is 0 Å². The van der Waals surface area contributed by atoms with Crippen LogP contribution in [0.4, 0.5) is 0 Å². The summed E-state index contributed by atoms with van der Waals surface area (Å²) in [5, 5.41) is 13.7. The first-order valence-corrected chi connectivity index (χ1v) is 8.61. The number of aromatic nitrogens is 2. The Labute approximate surface area is 142 Å². The summed E-state index contributed by atoms with van der Waals surface area (Å²) < 4.78 is 1.22. The lowest BCUT2D eigenvalue weighted by atomic mass is 9.96. The van der Waals surface area contributed by atoms with Gasteiger partial charge in [-0.05, 0) is 22.4 Å². The highest BCUT2D eigenvalue weighted by Crippen LogP contribution is 2.41. The molecule has 0 spiro atoms. The first-order valence-electron chi connectivity index (χ1n) is 7.73. The van der Waals surface area contributed by atoms with E-state index in [0.717, 1.165) is 22.4 Å². The molecule has 1 amide bonds. The number of amides is 1. The fourth-order valence-corrected chi connectivity index (χ4v) is 4.34. The van der Waals surface area contributed by atoms with Gasteiger partial charge in [-0.1, -0.05) is 48.5 Å². The average molecular weight is 331 g/mol. The Bertz CT molecular complexity index is 1060. The van der Waals surface area contributed by atoms with Crippen molar-refractivity contribution in [2.75, 3.05) is 0 Å². The van der Waals surface area contributed by atoms with E-state index in [9.17, 15) is 4.79 Å². The summed E-state index contributed by atoms with van der Waals surface area (Å²) in [7, 11) is 0. The second-order valence-electron chi connectivity index (χ2n) is 5.82. The van der Waals surface area contributed by atoms with E-state index >= 15 is 0 Å². The van der Waals surface area contributed by atoms with Crippen LogP contribution in [0.2, 0.25) is 0 Å². The second kappa shape index (κ2) is 5.04. The first kappa shape index (κ1) is 13.5. The third kappa shape index (κ3) is 1.85. The lowest BCUT2D eigenvalue weighted by molar-refractivity contribution is 0.0955. The molecular weight excluding hydrogens is 318 g/mol. The van der Waals surface area contributed by atoms with Crippen LogP contribution in [-0.4, -0.2) is 16.1 Å². The smallest absolute Gasteiger partial charge is 0.270 e. The van der Waals surface area contributed by atoms with Crippen molar-refractivity contribution in [3.63, 3.8) is 0 Å². The molecule has 5 rings (SSSR count). The molecule has 24 heavy (non-hydrogen) atoms. The lowest BCUT2D eigenvalue weighted by Crippen LogP contribution is -2.20. The van der Waals surface area contributed by atoms with E-state index in [-0.39, 0.29) is 11.9 Å². The van der Waals surface area contributed by atoms with Gasteiger partial charge in [0.1, 0.15) is 5.69 Å². The number of carbonyl (C=O) groups excluding carboxylic acids is 1. The minimum absolute atomic E-state index is 0.0973. The molecule has 0 saturated heterocycles. The largest absolute Gasteiger partial charge is 0.340 e. The first-order chi connectivity index (χ1) is 11.8. The highest BCUT2D eigenvalue weighted by Gasteiger charge is 2.36. The van der Waals surface area contributed by atoms with Gasteiger partial charge in [-0.3, -0.25) is 9.89 Å². The number of hydrogen-bond acceptors (Lipinski definition) is 3. The number of benzene rings is 2. The molecule has 0 fully saturated rings. The van der Waals surface area contributed by atoms with Crippen LogP contribution in [0.15, 0.2) is 60.0 Å². The van der Waals surface area contributed by atoms with Crippen molar-refractivity contribution in [2.45, 2.75) is 6.04 Å². The molecule has 0 saturated carbocycles.